The largest absolute Gasteiger partial charge is 0.350 e. The molecule has 0 aliphatic heterocycles. The molecule has 1 amide bonds. The molecule has 2 aliphatic rings. The highest BCUT2D eigenvalue weighted by atomic mass is 16.6. The third kappa shape index (κ3) is 2.11. The highest BCUT2D eigenvalue weighted by Gasteiger charge is 2.57. The molecule has 0 saturated heterocycles. The molecule has 2 N–H and O–H groups in total. The zero-order valence-corrected chi connectivity index (χ0v) is 13.3. The molecule has 0 bridgehead atoms. The van der Waals surface area contributed by atoms with Crippen molar-refractivity contribution in [2.24, 2.45) is 5.92 Å². The number of fused-ring (bicyclic) bond motifs is 2. The number of aromatic amines is 1. The average molecular weight is 326 g/mol. The molecule has 24 heavy (non-hydrogen) atoms. The monoisotopic (exact) mass is 326 g/mol. The first kappa shape index (κ1) is 14.9. The number of amides is 1. The maximum absolute atomic E-state index is 12.3. The molecule has 1 heterocycles. The van der Waals surface area contributed by atoms with Crippen molar-refractivity contribution in [3.05, 3.63) is 56.9 Å². The quantitative estimate of drug-likeness (QED) is 0.664. The van der Waals surface area contributed by atoms with Crippen molar-refractivity contribution >= 4 is 11.6 Å². The topological polar surface area (TPSA) is 101 Å². The number of H-pyrrole nitrogens is 1. The molecule has 7 nitrogen and oxygen atoms in total. The van der Waals surface area contributed by atoms with Crippen molar-refractivity contribution in [2.45, 2.75) is 31.6 Å². The fraction of sp³-hybridized carbons (Fsp3) is 0.412. The lowest BCUT2D eigenvalue weighted by Gasteiger charge is -2.11. The zero-order valence-electron chi connectivity index (χ0n) is 13.3. The minimum atomic E-state index is -0.570. The first-order valence-corrected chi connectivity index (χ1v) is 8.09. The number of nitrogens with zero attached hydrogens (tertiary/aromatic N) is 2. The van der Waals surface area contributed by atoms with E-state index < -0.39 is 10.8 Å². The molecular weight excluding hydrogens is 308 g/mol. The van der Waals surface area contributed by atoms with Crippen LogP contribution in [0.4, 0.5) is 5.69 Å². The number of nitro groups is 1. The number of aromatic nitrogens is 2. The van der Waals surface area contributed by atoms with Gasteiger partial charge in [-0.15, -0.1) is 0 Å². The molecule has 1 saturated carbocycles. The Hall–Kier alpha value is -2.70. The molecule has 1 spiro atoms. The molecule has 1 aromatic heterocycles. The number of aryl methyl sites for hydroxylation is 2. The van der Waals surface area contributed by atoms with Crippen molar-refractivity contribution in [3.8, 4) is 0 Å². The number of carbonyl (C=O) groups excluding carboxylic acids is 1. The standard InChI is InChI=1S/C17H18N4O3/c1-10-15(21(23)24)14(20-19-10)16(22)18-9-12-8-17(12)7-6-11-4-2-3-5-13(11)17/h2-5,12H,6-9H2,1H3,(H,18,22)(H,19,20)/t12-,17+/m0/s1. The third-order valence-corrected chi connectivity index (χ3v) is 5.45. The van der Waals surface area contributed by atoms with E-state index in [2.05, 4.69) is 39.8 Å². The van der Waals surface area contributed by atoms with Crippen LogP contribution in [-0.2, 0) is 11.8 Å². The summed E-state index contributed by atoms with van der Waals surface area (Å²) in [5, 5.41) is 20.2. The van der Waals surface area contributed by atoms with Gasteiger partial charge in [0.25, 0.3) is 5.91 Å². The Labute approximate surface area is 138 Å². The summed E-state index contributed by atoms with van der Waals surface area (Å²) in [7, 11) is 0. The Morgan fingerprint density at radius 3 is 3.08 bits per heavy atom. The molecule has 0 radical (unpaired) electrons. The maximum Gasteiger partial charge on any atom is 0.322 e. The second kappa shape index (κ2) is 5.15. The van der Waals surface area contributed by atoms with Gasteiger partial charge in [-0.2, -0.15) is 5.10 Å². The molecule has 2 aliphatic carbocycles. The predicted octanol–water partition coefficient (Wildman–Crippen LogP) is 2.26. The molecule has 1 aromatic carbocycles. The van der Waals surface area contributed by atoms with Gasteiger partial charge in [-0.3, -0.25) is 20.0 Å². The predicted molar refractivity (Wildman–Crippen MR) is 86.9 cm³/mol. The third-order valence-electron chi connectivity index (χ3n) is 5.45. The van der Waals surface area contributed by atoms with E-state index in [0.717, 1.165) is 19.3 Å². The fourth-order valence-corrected chi connectivity index (χ4v) is 4.11. The van der Waals surface area contributed by atoms with Gasteiger partial charge in [0.05, 0.1) is 4.92 Å². The van der Waals surface area contributed by atoms with Crippen LogP contribution in [0.3, 0.4) is 0 Å². The lowest BCUT2D eigenvalue weighted by molar-refractivity contribution is -0.385. The van der Waals surface area contributed by atoms with Crippen LogP contribution >= 0.6 is 0 Å². The lowest BCUT2D eigenvalue weighted by Crippen LogP contribution is -2.28. The van der Waals surface area contributed by atoms with Crippen LogP contribution in [0, 0.1) is 23.0 Å². The van der Waals surface area contributed by atoms with E-state index in [4.69, 9.17) is 0 Å². The van der Waals surface area contributed by atoms with Gasteiger partial charge < -0.3 is 5.32 Å². The molecule has 1 fully saturated rings. The van der Waals surface area contributed by atoms with Crippen LogP contribution in [0.1, 0.15) is 40.2 Å². The van der Waals surface area contributed by atoms with Gasteiger partial charge in [-0.25, -0.2) is 0 Å². The summed E-state index contributed by atoms with van der Waals surface area (Å²) in [6.07, 6.45) is 3.27. The maximum atomic E-state index is 12.3. The Morgan fingerprint density at radius 1 is 1.50 bits per heavy atom. The van der Waals surface area contributed by atoms with E-state index >= 15 is 0 Å². The SMILES string of the molecule is Cc1[nH]nc(C(=O)NC[C@@H]2C[C@]23CCc2ccccc23)c1[N+](=O)[O-]. The number of hydrogen-bond acceptors (Lipinski definition) is 4. The highest BCUT2D eigenvalue weighted by molar-refractivity contribution is 5.96. The summed E-state index contributed by atoms with van der Waals surface area (Å²) in [6, 6.07) is 8.49. The molecule has 4 rings (SSSR count). The van der Waals surface area contributed by atoms with Crippen molar-refractivity contribution in [1.82, 2.24) is 15.5 Å². The van der Waals surface area contributed by atoms with Gasteiger partial charge in [-0.1, -0.05) is 24.3 Å². The van der Waals surface area contributed by atoms with E-state index in [1.54, 1.807) is 0 Å². The van der Waals surface area contributed by atoms with Crippen molar-refractivity contribution in [2.75, 3.05) is 6.54 Å². The Kier molecular flexibility index (Phi) is 3.19. The summed E-state index contributed by atoms with van der Waals surface area (Å²) in [5.74, 6) is -0.0939. The van der Waals surface area contributed by atoms with Crippen molar-refractivity contribution in [1.29, 1.82) is 0 Å². The summed E-state index contributed by atoms with van der Waals surface area (Å²) in [4.78, 5) is 22.8. The van der Waals surface area contributed by atoms with Crippen LogP contribution in [0.25, 0.3) is 0 Å². The highest BCUT2D eigenvalue weighted by Crippen LogP contribution is 2.61. The molecule has 2 atom stereocenters. The summed E-state index contributed by atoms with van der Waals surface area (Å²) < 4.78 is 0. The molecule has 124 valence electrons. The second-order valence-electron chi connectivity index (χ2n) is 6.73. The van der Waals surface area contributed by atoms with Gasteiger partial charge in [0.15, 0.2) is 0 Å². The molecule has 0 unspecified atom stereocenters. The molecular formula is C17H18N4O3. The van der Waals surface area contributed by atoms with Crippen molar-refractivity contribution in [3.63, 3.8) is 0 Å². The van der Waals surface area contributed by atoms with E-state index in [9.17, 15) is 14.9 Å². The van der Waals surface area contributed by atoms with Crippen LogP contribution in [0.15, 0.2) is 24.3 Å². The van der Waals surface area contributed by atoms with Crippen LogP contribution < -0.4 is 5.32 Å². The van der Waals surface area contributed by atoms with Gasteiger partial charge in [-0.05, 0) is 43.2 Å². The fourth-order valence-electron chi connectivity index (χ4n) is 4.11. The summed E-state index contributed by atoms with van der Waals surface area (Å²) in [6.45, 7) is 2.06. The van der Waals surface area contributed by atoms with Crippen LogP contribution in [-0.4, -0.2) is 27.6 Å². The smallest absolute Gasteiger partial charge is 0.322 e. The number of benzene rings is 1. The zero-order chi connectivity index (χ0) is 16.9. The number of nitrogens with one attached hydrogen (secondary N) is 2. The first-order chi connectivity index (χ1) is 11.5. The van der Waals surface area contributed by atoms with Gasteiger partial charge >= 0.3 is 5.69 Å². The lowest BCUT2D eigenvalue weighted by atomic mass is 9.95. The first-order valence-electron chi connectivity index (χ1n) is 8.09. The normalized spacial score (nSPS) is 24.0. The molecule has 2 aromatic rings. The Morgan fingerprint density at radius 2 is 2.29 bits per heavy atom. The minimum Gasteiger partial charge on any atom is -0.350 e. The molecule has 7 heteroatoms. The van der Waals surface area contributed by atoms with Gasteiger partial charge in [0.1, 0.15) is 5.69 Å². The van der Waals surface area contributed by atoms with Crippen LogP contribution in [0.2, 0.25) is 0 Å². The van der Waals surface area contributed by atoms with E-state index in [1.165, 1.54) is 18.1 Å². The Bertz CT molecular complexity index is 844. The van der Waals surface area contributed by atoms with Crippen LogP contribution in [0.5, 0.6) is 0 Å². The van der Waals surface area contributed by atoms with Gasteiger partial charge in [0, 0.05) is 12.0 Å². The summed E-state index contributed by atoms with van der Waals surface area (Å²) in [5.41, 5.74) is 2.91. The van der Waals surface area contributed by atoms with E-state index in [0.29, 0.717) is 12.5 Å². The number of hydrogen-bond donors (Lipinski definition) is 2. The van der Waals surface area contributed by atoms with Crippen molar-refractivity contribution < 1.29 is 9.72 Å². The van der Waals surface area contributed by atoms with Gasteiger partial charge in [0.2, 0.25) is 5.69 Å². The number of rotatable bonds is 4. The number of carbonyl (C=O) groups is 1. The van der Waals surface area contributed by atoms with E-state index in [-0.39, 0.29) is 22.5 Å². The average Bonchev–Trinajstić information content (AvgIpc) is 2.92. The second-order valence-corrected chi connectivity index (χ2v) is 6.73. The minimum absolute atomic E-state index is 0.140. The Balaban J connectivity index is 1.45. The van der Waals surface area contributed by atoms with E-state index in [1.807, 2.05) is 0 Å². The summed E-state index contributed by atoms with van der Waals surface area (Å²) >= 11 is 0.